The molecular formula is C18H19FN2O4S. The lowest BCUT2D eigenvalue weighted by atomic mass is 9.98. The van der Waals surface area contributed by atoms with Crippen LogP contribution in [-0.4, -0.2) is 39.0 Å². The van der Waals surface area contributed by atoms with Crippen LogP contribution in [0.5, 0.6) is 11.5 Å². The Balaban J connectivity index is 2.07. The third kappa shape index (κ3) is 3.50. The maximum absolute atomic E-state index is 14.1. The number of hydrazone groups is 1. The zero-order valence-electron chi connectivity index (χ0n) is 14.6. The normalized spacial score (nSPS) is 17.2. The Kier molecular flexibility index (Phi) is 4.86. The van der Waals surface area contributed by atoms with Gasteiger partial charge in [-0.25, -0.2) is 12.8 Å². The van der Waals surface area contributed by atoms with E-state index in [0.717, 1.165) is 10.7 Å². The first-order valence-electron chi connectivity index (χ1n) is 7.88. The topological polar surface area (TPSA) is 68.2 Å². The molecule has 3 rings (SSSR count). The molecule has 0 saturated carbocycles. The van der Waals surface area contributed by atoms with Crippen LogP contribution < -0.4 is 9.47 Å². The first-order valence-corrected chi connectivity index (χ1v) is 9.73. The van der Waals surface area contributed by atoms with E-state index in [-0.39, 0.29) is 6.42 Å². The van der Waals surface area contributed by atoms with E-state index in [4.69, 9.17) is 9.47 Å². The summed E-state index contributed by atoms with van der Waals surface area (Å²) >= 11 is 0. The molecule has 1 atom stereocenters. The average molecular weight is 378 g/mol. The largest absolute Gasteiger partial charge is 0.497 e. The number of ether oxygens (including phenoxy) is 2. The summed E-state index contributed by atoms with van der Waals surface area (Å²) in [5.74, 6) is 0.628. The van der Waals surface area contributed by atoms with Crippen LogP contribution in [-0.2, 0) is 10.0 Å². The van der Waals surface area contributed by atoms with E-state index in [1.165, 1.54) is 20.3 Å². The van der Waals surface area contributed by atoms with Gasteiger partial charge in [-0.2, -0.15) is 9.52 Å². The number of benzene rings is 2. The van der Waals surface area contributed by atoms with Crippen molar-refractivity contribution in [1.29, 1.82) is 0 Å². The number of hydrogen-bond acceptors (Lipinski definition) is 5. The van der Waals surface area contributed by atoms with E-state index in [9.17, 15) is 12.8 Å². The summed E-state index contributed by atoms with van der Waals surface area (Å²) in [5, 5.41) is 4.20. The number of methoxy groups -OCH3 is 2. The van der Waals surface area contributed by atoms with Gasteiger partial charge in [0.2, 0.25) is 10.0 Å². The summed E-state index contributed by atoms with van der Waals surface area (Å²) < 4.78 is 50.2. The number of hydrogen-bond donors (Lipinski definition) is 0. The average Bonchev–Trinajstić information content (AvgIpc) is 3.07. The van der Waals surface area contributed by atoms with E-state index in [1.807, 2.05) is 0 Å². The zero-order valence-corrected chi connectivity index (χ0v) is 15.5. The van der Waals surface area contributed by atoms with Crippen LogP contribution in [0, 0.1) is 5.82 Å². The molecule has 0 radical (unpaired) electrons. The molecule has 0 aromatic heterocycles. The van der Waals surface area contributed by atoms with Crippen LogP contribution in [0.4, 0.5) is 4.39 Å². The number of halogens is 1. The molecule has 26 heavy (non-hydrogen) atoms. The third-order valence-corrected chi connectivity index (χ3v) is 5.17. The minimum absolute atomic E-state index is 0.240. The van der Waals surface area contributed by atoms with Crippen LogP contribution in [0.15, 0.2) is 47.6 Å². The summed E-state index contributed by atoms with van der Waals surface area (Å²) in [6.45, 7) is 0. The molecule has 0 saturated heterocycles. The summed E-state index contributed by atoms with van der Waals surface area (Å²) in [6, 6.07) is 10.7. The van der Waals surface area contributed by atoms with Crippen molar-refractivity contribution in [3.63, 3.8) is 0 Å². The molecule has 0 spiro atoms. The molecule has 0 unspecified atom stereocenters. The lowest BCUT2D eigenvalue weighted by Gasteiger charge is -2.22. The van der Waals surface area contributed by atoms with E-state index in [0.29, 0.717) is 28.3 Å². The molecular weight excluding hydrogens is 359 g/mol. The van der Waals surface area contributed by atoms with Gasteiger partial charge in [0, 0.05) is 18.1 Å². The smallest absolute Gasteiger partial charge is 0.247 e. The van der Waals surface area contributed by atoms with Gasteiger partial charge in [0.1, 0.15) is 17.3 Å². The highest BCUT2D eigenvalue weighted by Crippen LogP contribution is 2.38. The Morgan fingerprint density at radius 3 is 2.27 bits per heavy atom. The molecule has 1 heterocycles. The quantitative estimate of drug-likeness (QED) is 0.802. The zero-order chi connectivity index (χ0) is 18.9. The standard InChI is InChI=1S/C18H19FN2O4S/c1-24-13-8-12(9-14(10-13)25-2)18-11-17(20-21(18)26(3,22)23)15-6-4-5-7-16(15)19/h4-10,18H,11H2,1-3H3/t18-/m1/s1. The maximum Gasteiger partial charge on any atom is 0.247 e. The Morgan fingerprint density at radius 2 is 1.73 bits per heavy atom. The molecule has 0 bridgehead atoms. The van der Waals surface area contributed by atoms with Crippen LogP contribution in [0.25, 0.3) is 0 Å². The lowest BCUT2D eigenvalue weighted by Crippen LogP contribution is -2.26. The van der Waals surface area contributed by atoms with Crippen LogP contribution in [0.3, 0.4) is 0 Å². The number of nitrogens with zero attached hydrogens (tertiary/aromatic N) is 2. The molecule has 1 aliphatic rings. The Bertz CT molecular complexity index is 937. The van der Waals surface area contributed by atoms with Crippen molar-refractivity contribution in [3.05, 3.63) is 59.4 Å². The fourth-order valence-electron chi connectivity index (χ4n) is 2.92. The fourth-order valence-corrected chi connectivity index (χ4v) is 3.83. The first kappa shape index (κ1) is 18.2. The summed E-state index contributed by atoms with van der Waals surface area (Å²) in [4.78, 5) is 0. The van der Waals surface area contributed by atoms with Gasteiger partial charge in [-0.3, -0.25) is 0 Å². The van der Waals surface area contributed by atoms with Crippen LogP contribution in [0.1, 0.15) is 23.6 Å². The molecule has 6 nitrogen and oxygen atoms in total. The monoisotopic (exact) mass is 378 g/mol. The van der Waals surface area contributed by atoms with E-state index in [1.54, 1.807) is 36.4 Å². The molecule has 0 fully saturated rings. The number of rotatable bonds is 5. The Hall–Kier alpha value is -2.61. The second-order valence-electron chi connectivity index (χ2n) is 5.93. The number of sulfonamides is 1. The molecule has 2 aromatic rings. The molecule has 138 valence electrons. The van der Waals surface area contributed by atoms with Gasteiger partial charge < -0.3 is 9.47 Å². The van der Waals surface area contributed by atoms with Crippen molar-refractivity contribution in [2.24, 2.45) is 5.10 Å². The highest BCUT2D eigenvalue weighted by molar-refractivity contribution is 7.88. The molecule has 0 aliphatic carbocycles. The Labute approximate surface area is 151 Å². The van der Waals surface area contributed by atoms with Gasteiger partial charge in [0.15, 0.2) is 0 Å². The second kappa shape index (κ2) is 6.95. The molecule has 2 aromatic carbocycles. The molecule has 1 aliphatic heterocycles. The lowest BCUT2D eigenvalue weighted by molar-refractivity contribution is 0.364. The predicted octanol–water partition coefficient (Wildman–Crippen LogP) is 2.95. The minimum Gasteiger partial charge on any atom is -0.497 e. The predicted molar refractivity (Wildman–Crippen MR) is 96.5 cm³/mol. The molecule has 8 heteroatoms. The van der Waals surface area contributed by atoms with Gasteiger partial charge in [-0.1, -0.05) is 18.2 Å². The van der Waals surface area contributed by atoms with Crippen LogP contribution in [0.2, 0.25) is 0 Å². The van der Waals surface area contributed by atoms with E-state index < -0.39 is 21.9 Å². The van der Waals surface area contributed by atoms with Gasteiger partial charge in [0.05, 0.1) is 32.2 Å². The fraction of sp³-hybridized carbons (Fsp3) is 0.278. The first-order chi connectivity index (χ1) is 12.3. The minimum atomic E-state index is -3.65. The summed E-state index contributed by atoms with van der Waals surface area (Å²) in [6.07, 6.45) is 1.32. The summed E-state index contributed by atoms with van der Waals surface area (Å²) in [7, 11) is -0.618. The third-order valence-electron chi connectivity index (χ3n) is 4.16. The van der Waals surface area contributed by atoms with Gasteiger partial charge in [0.25, 0.3) is 0 Å². The van der Waals surface area contributed by atoms with Crippen LogP contribution >= 0.6 is 0 Å². The SMILES string of the molecule is COc1cc(OC)cc([C@H]2CC(c3ccccc3F)=NN2S(C)(=O)=O)c1. The van der Waals surface area contributed by atoms with Gasteiger partial charge >= 0.3 is 0 Å². The van der Waals surface area contributed by atoms with Crippen molar-refractivity contribution in [3.8, 4) is 11.5 Å². The highest BCUT2D eigenvalue weighted by Gasteiger charge is 2.35. The van der Waals surface area contributed by atoms with Crippen molar-refractivity contribution in [1.82, 2.24) is 4.41 Å². The molecule has 0 N–H and O–H groups in total. The van der Waals surface area contributed by atoms with E-state index >= 15 is 0 Å². The Morgan fingerprint density at radius 1 is 1.12 bits per heavy atom. The maximum atomic E-state index is 14.1. The second-order valence-corrected chi connectivity index (χ2v) is 7.77. The van der Waals surface area contributed by atoms with Gasteiger partial charge in [-0.15, -0.1) is 0 Å². The summed E-state index contributed by atoms with van der Waals surface area (Å²) in [5.41, 5.74) is 1.32. The van der Waals surface area contributed by atoms with Crippen molar-refractivity contribution in [2.75, 3.05) is 20.5 Å². The van der Waals surface area contributed by atoms with Crippen molar-refractivity contribution >= 4 is 15.7 Å². The molecule has 0 amide bonds. The van der Waals surface area contributed by atoms with Crippen molar-refractivity contribution in [2.45, 2.75) is 12.5 Å². The van der Waals surface area contributed by atoms with Crippen molar-refractivity contribution < 1.29 is 22.3 Å². The van der Waals surface area contributed by atoms with E-state index in [2.05, 4.69) is 5.10 Å². The highest BCUT2D eigenvalue weighted by atomic mass is 32.2. The van der Waals surface area contributed by atoms with Gasteiger partial charge in [-0.05, 0) is 23.8 Å².